The van der Waals surface area contributed by atoms with Crippen molar-refractivity contribution in [3.8, 4) is 22.3 Å². The summed E-state index contributed by atoms with van der Waals surface area (Å²) in [6.45, 7) is 3.79. The van der Waals surface area contributed by atoms with E-state index in [2.05, 4.69) is 16.9 Å². The molecule has 0 saturated carbocycles. The molecule has 0 spiro atoms. The molecule has 2 heterocycles. The van der Waals surface area contributed by atoms with Gasteiger partial charge in [-0.1, -0.05) is 37.3 Å². The number of nitrogen functional groups attached to an aromatic ring is 1. The predicted octanol–water partition coefficient (Wildman–Crippen LogP) is 3.90. The Morgan fingerprint density at radius 3 is 2.54 bits per heavy atom. The first kappa shape index (κ1) is 18.7. The van der Waals surface area contributed by atoms with E-state index in [0.717, 1.165) is 25.1 Å². The number of nitrogens with two attached hydrogens (primary N) is 1. The van der Waals surface area contributed by atoms with E-state index >= 15 is 0 Å². The molecule has 2 unspecified atom stereocenters. The Bertz CT molecular complexity index is 1030. The van der Waals surface area contributed by atoms with Crippen molar-refractivity contribution < 1.29 is 8.60 Å². The van der Waals surface area contributed by atoms with E-state index in [-0.39, 0.29) is 11.8 Å². The van der Waals surface area contributed by atoms with Gasteiger partial charge in [0.25, 0.3) is 0 Å². The zero-order chi connectivity index (χ0) is 19.7. The lowest BCUT2D eigenvalue weighted by atomic mass is 10.0. The summed E-state index contributed by atoms with van der Waals surface area (Å²) in [5, 5.41) is 0. The predicted molar refractivity (Wildman–Crippen MR) is 109 cm³/mol. The zero-order valence-corrected chi connectivity index (χ0v) is 16.3. The molecule has 0 amide bonds. The smallest absolute Gasteiger partial charge is 0.219 e. The lowest BCUT2D eigenvalue weighted by molar-refractivity contribution is 0.513. The van der Waals surface area contributed by atoms with Crippen LogP contribution >= 0.6 is 0 Å². The Morgan fingerprint density at radius 2 is 1.86 bits per heavy atom. The van der Waals surface area contributed by atoms with Crippen molar-refractivity contribution in [2.24, 2.45) is 5.92 Å². The zero-order valence-electron chi connectivity index (χ0n) is 15.5. The van der Waals surface area contributed by atoms with Gasteiger partial charge in [-0.3, -0.25) is 0 Å². The molecule has 2 aromatic carbocycles. The van der Waals surface area contributed by atoms with Gasteiger partial charge < -0.3 is 5.73 Å². The second-order valence-corrected chi connectivity index (χ2v) is 8.51. The highest BCUT2D eigenvalue weighted by molar-refractivity contribution is 7.82. The third kappa shape index (κ3) is 3.68. The van der Waals surface area contributed by atoms with Gasteiger partial charge in [-0.2, -0.15) is 0 Å². The first-order valence-electron chi connectivity index (χ1n) is 9.16. The van der Waals surface area contributed by atoms with Crippen LogP contribution in [-0.4, -0.2) is 31.6 Å². The van der Waals surface area contributed by atoms with Crippen molar-refractivity contribution in [3.05, 3.63) is 60.7 Å². The second-order valence-electron chi connectivity index (χ2n) is 7.05. The highest BCUT2D eigenvalue weighted by atomic mass is 32.2. The fraction of sp³-hybridized carbons (Fsp3) is 0.238. The van der Waals surface area contributed by atoms with Crippen LogP contribution in [0.3, 0.4) is 0 Å². The third-order valence-corrected chi connectivity index (χ3v) is 6.49. The van der Waals surface area contributed by atoms with E-state index in [1.54, 1.807) is 6.07 Å². The number of halogens is 1. The average molecular weight is 396 g/mol. The first-order valence-corrected chi connectivity index (χ1v) is 10.3. The molecule has 1 aromatic heterocycles. The van der Waals surface area contributed by atoms with E-state index in [1.165, 1.54) is 18.5 Å². The van der Waals surface area contributed by atoms with Crippen LogP contribution < -0.4 is 5.73 Å². The van der Waals surface area contributed by atoms with E-state index in [0.29, 0.717) is 27.5 Å². The van der Waals surface area contributed by atoms with Gasteiger partial charge in [-0.05, 0) is 35.6 Å². The van der Waals surface area contributed by atoms with Gasteiger partial charge in [0.1, 0.15) is 16.8 Å². The lowest BCUT2D eigenvalue weighted by Crippen LogP contribution is -2.23. The van der Waals surface area contributed by atoms with Crippen molar-refractivity contribution >= 4 is 16.9 Å². The number of hydrogen-bond acceptors (Lipinski definition) is 4. The number of hydrogen-bond donors (Lipinski definition) is 1. The maximum Gasteiger partial charge on any atom is 0.219 e. The Labute approximate surface area is 166 Å². The molecule has 5 nitrogen and oxygen atoms in total. The molecule has 4 rings (SSSR count). The minimum atomic E-state index is -1.27. The number of aromatic nitrogens is 2. The summed E-state index contributed by atoms with van der Waals surface area (Å²) >= 11 is 0. The summed E-state index contributed by atoms with van der Waals surface area (Å²) in [6.07, 6.45) is 4.04. The van der Waals surface area contributed by atoms with Gasteiger partial charge in [-0.25, -0.2) is 22.9 Å². The Morgan fingerprint density at radius 1 is 1.11 bits per heavy atom. The molecule has 3 aromatic rings. The van der Waals surface area contributed by atoms with Crippen LogP contribution in [0.25, 0.3) is 22.3 Å². The fourth-order valence-corrected chi connectivity index (χ4v) is 4.94. The number of nitrogens with zero attached hydrogens (tertiary/aromatic N) is 3. The summed E-state index contributed by atoms with van der Waals surface area (Å²) in [6, 6.07) is 12.5. The van der Waals surface area contributed by atoms with Gasteiger partial charge in [-0.15, -0.1) is 0 Å². The Kier molecular flexibility index (Phi) is 5.19. The van der Waals surface area contributed by atoms with Gasteiger partial charge in [0, 0.05) is 36.6 Å². The van der Waals surface area contributed by atoms with Crippen molar-refractivity contribution in [2.75, 3.05) is 18.8 Å². The van der Waals surface area contributed by atoms with Crippen molar-refractivity contribution in [3.63, 3.8) is 0 Å². The molecule has 2 N–H and O–H groups in total. The third-order valence-electron chi connectivity index (χ3n) is 4.96. The quantitative estimate of drug-likeness (QED) is 0.726. The van der Waals surface area contributed by atoms with Gasteiger partial charge in [0.2, 0.25) is 5.95 Å². The molecule has 0 radical (unpaired) electrons. The van der Waals surface area contributed by atoms with Gasteiger partial charge in [0.15, 0.2) is 0 Å². The number of anilines is 1. The maximum absolute atomic E-state index is 14.8. The highest BCUT2D eigenvalue weighted by Crippen LogP contribution is 2.32. The van der Waals surface area contributed by atoms with E-state index in [4.69, 9.17) is 5.73 Å². The summed E-state index contributed by atoms with van der Waals surface area (Å²) < 4.78 is 29.9. The second kappa shape index (κ2) is 7.77. The van der Waals surface area contributed by atoms with Crippen molar-refractivity contribution in [2.45, 2.75) is 18.2 Å². The number of rotatable bonds is 4. The van der Waals surface area contributed by atoms with Gasteiger partial charge in [0.05, 0.1) is 4.90 Å². The fourth-order valence-electron chi connectivity index (χ4n) is 3.44. The monoisotopic (exact) mass is 396 g/mol. The van der Waals surface area contributed by atoms with E-state index < -0.39 is 11.0 Å². The summed E-state index contributed by atoms with van der Waals surface area (Å²) in [4.78, 5) is 8.55. The molecule has 144 valence electrons. The molecule has 1 aliphatic heterocycles. The summed E-state index contributed by atoms with van der Waals surface area (Å²) in [5.41, 5.74) is 7.92. The summed E-state index contributed by atoms with van der Waals surface area (Å²) in [5.74, 6) is 0.296. The molecule has 2 atom stereocenters. The van der Waals surface area contributed by atoms with Crippen LogP contribution in [0.5, 0.6) is 0 Å². The molecule has 1 saturated heterocycles. The normalized spacial score (nSPS) is 18.3. The molecule has 1 fully saturated rings. The molecule has 0 aliphatic carbocycles. The SMILES string of the molecule is CC1CCN(S(=O)c2ccccc2-c2ccc(-c3cnc(N)nc3)c(F)c2)C1. The minimum absolute atomic E-state index is 0.147. The molecule has 1 aliphatic rings. The van der Waals surface area contributed by atoms with E-state index in [1.807, 2.05) is 34.6 Å². The first-order chi connectivity index (χ1) is 13.5. The van der Waals surface area contributed by atoms with Crippen LogP contribution in [0.2, 0.25) is 0 Å². The molecule has 7 heteroatoms. The Hall–Kier alpha value is -2.64. The maximum atomic E-state index is 14.8. The standard InChI is InChI=1S/C21H21FN4OS/c1-14-8-9-26(13-14)28(27)20-5-3-2-4-18(20)15-6-7-17(19(22)10-15)16-11-24-21(23)25-12-16/h2-7,10-12,14H,8-9,13H2,1H3,(H2,23,24,25). The highest BCUT2D eigenvalue weighted by Gasteiger charge is 2.26. The molecular weight excluding hydrogens is 375 g/mol. The van der Waals surface area contributed by atoms with E-state index in [9.17, 15) is 8.60 Å². The van der Waals surface area contributed by atoms with Crippen LogP contribution in [0.15, 0.2) is 59.8 Å². The van der Waals surface area contributed by atoms with Gasteiger partial charge >= 0.3 is 0 Å². The molecule has 28 heavy (non-hydrogen) atoms. The van der Waals surface area contributed by atoms with Crippen LogP contribution in [0.1, 0.15) is 13.3 Å². The van der Waals surface area contributed by atoms with Crippen molar-refractivity contribution in [1.29, 1.82) is 0 Å². The minimum Gasteiger partial charge on any atom is -0.368 e. The average Bonchev–Trinajstić information content (AvgIpc) is 3.14. The topological polar surface area (TPSA) is 72.1 Å². The van der Waals surface area contributed by atoms with Crippen LogP contribution in [0, 0.1) is 11.7 Å². The number of benzene rings is 2. The summed E-state index contributed by atoms with van der Waals surface area (Å²) in [7, 11) is -1.27. The molecular formula is C21H21FN4OS. The molecule has 0 bridgehead atoms. The largest absolute Gasteiger partial charge is 0.368 e. The van der Waals surface area contributed by atoms with Crippen LogP contribution in [-0.2, 0) is 11.0 Å². The lowest BCUT2D eigenvalue weighted by Gasteiger charge is -2.17. The van der Waals surface area contributed by atoms with Crippen LogP contribution in [0.4, 0.5) is 10.3 Å². The Balaban J connectivity index is 1.69. The van der Waals surface area contributed by atoms with Crippen molar-refractivity contribution in [1.82, 2.24) is 14.3 Å².